The number of fused-ring (bicyclic) bond motifs is 1. The summed E-state index contributed by atoms with van der Waals surface area (Å²) in [7, 11) is 0. The first-order chi connectivity index (χ1) is 13.9. The van der Waals surface area contributed by atoms with E-state index in [4.69, 9.17) is 15.2 Å². The molecule has 0 saturated carbocycles. The zero-order chi connectivity index (χ0) is 20.9. The number of hydrogen-bond donors (Lipinski definition) is 1. The fourth-order valence-corrected chi connectivity index (χ4v) is 3.45. The topological polar surface area (TPSA) is 88.1 Å². The molecule has 0 radical (unpaired) electrons. The highest BCUT2D eigenvalue weighted by Crippen LogP contribution is 2.27. The van der Waals surface area contributed by atoms with Gasteiger partial charge in [0.1, 0.15) is 11.8 Å². The van der Waals surface area contributed by atoms with Crippen LogP contribution in [-0.2, 0) is 16.1 Å². The summed E-state index contributed by atoms with van der Waals surface area (Å²) in [5.74, 6) is 0.400. The van der Waals surface area contributed by atoms with Crippen molar-refractivity contribution in [1.82, 2.24) is 19.5 Å². The largest absolute Gasteiger partial charge is 0.382 e. The first-order valence-corrected chi connectivity index (χ1v) is 10.1. The summed E-state index contributed by atoms with van der Waals surface area (Å²) < 4.78 is 14.4. The predicted octanol–water partition coefficient (Wildman–Crippen LogP) is 4.15. The molecular weight excluding hydrogens is 366 g/mol. The van der Waals surface area contributed by atoms with E-state index in [0.29, 0.717) is 24.5 Å². The Balaban J connectivity index is 1.72. The average Bonchev–Trinajstić information content (AvgIpc) is 3.11. The van der Waals surface area contributed by atoms with E-state index in [2.05, 4.69) is 59.3 Å². The van der Waals surface area contributed by atoms with Crippen LogP contribution >= 0.6 is 0 Å². The van der Waals surface area contributed by atoms with E-state index < -0.39 is 0 Å². The Bertz CT molecular complexity index is 904. The van der Waals surface area contributed by atoms with E-state index >= 15 is 0 Å². The van der Waals surface area contributed by atoms with Crippen molar-refractivity contribution in [2.75, 3.05) is 12.3 Å². The highest BCUT2D eigenvalue weighted by Gasteiger charge is 2.24. The Morgan fingerprint density at radius 2 is 1.86 bits per heavy atom. The highest BCUT2D eigenvalue weighted by molar-refractivity contribution is 5.81. The maximum Gasteiger partial charge on any atom is 0.165 e. The number of ether oxygens (including phenoxy) is 2. The fraction of sp³-hybridized carbons (Fsp3) is 0.500. The lowest BCUT2D eigenvalue weighted by atomic mass is 10.1. The first-order valence-electron chi connectivity index (χ1n) is 10.1. The number of imidazole rings is 1. The SMILES string of the molecule is CCC(C[C@@H](COCc1ccccc1)OC(C)(C)C)n1cnc2c(N)ncnc21. The number of nitrogens with two attached hydrogens (primary N) is 1. The predicted molar refractivity (Wildman–Crippen MR) is 114 cm³/mol. The summed E-state index contributed by atoms with van der Waals surface area (Å²) in [5.41, 5.74) is 8.23. The molecule has 0 aliphatic carbocycles. The molecule has 7 heteroatoms. The van der Waals surface area contributed by atoms with Crippen molar-refractivity contribution in [1.29, 1.82) is 0 Å². The van der Waals surface area contributed by atoms with Crippen molar-refractivity contribution in [3.8, 4) is 0 Å². The zero-order valence-corrected chi connectivity index (χ0v) is 17.7. The Labute approximate surface area is 172 Å². The second-order valence-corrected chi connectivity index (χ2v) is 8.23. The molecule has 156 valence electrons. The molecule has 2 aromatic heterocycles. The summed E-state index contributed by atoms with van der Waals surface area (Å²) >= 11 is 0. The quantitative estimate of drug-likeness (QED) is 0.583. The van der Waals surface area contributed by atoms with Gasteiger partial charge in [-0.15, -0.1) is 0 Å². The summed E-state index contributed by atoms with van der Waals surface area (Å²) in [4.78, 5) is 12.8. The van der Waals surface area contributed by atoms with Gasteiger partial charge in [-0.3, -0.25) is 0 Å². The number of benzene rings is 1. The maximum atomic E-state index is 6.33. The van der Waals surface area contributed by atoms with Gasteiger partial charge in [0.05, 0.1) is 31.2 Å². The van der Waals surface area contributed by atoms with Crippen LogP contribution in [0.4, 0.5) is 5.82 Å². The van der Waals surface area contributed by atoms with Gasteiger partial charge in [0, 0.05) is 6.04 Å². The molecule has 7 nitrogen and oxygen atoms in total. The Hall–Kier alpha value is -2.51. The minimum atomic E-state index is -0.261. The molecule has 2 heterocycles. The standard InChI is InChI=1S/C22H31N5O2/c1-5-17(27-15-26-19-20(23)24-14-25-21(19)27)11-18(29-22(2,3)4)13-28-12-16-9-7-6-8-10-16/h6-10,14-15,17-18H,5,11-13H2,1-4H3,(H2,23,24,25)/t17?,18-/m0/s1. The van der Waals surface area contributed by atoms with Crippen molar-refractivity contribution >= 4 is 17.0 Å². The smallest absolute Gasteiger partial charge is 0.165 e. The minimum absolute atomic E-state index is 0.0553. The van der Waals surface area contributed by atoms with Gasteiger partial charge in [-0.05, 0) is 39.2 Å². The summed E-state index contributed by atoms with van der Waals surface area (Å²) in [6, 6.07) is 10.3. The van der Waals surface area contributed by atoms with Gasteiger partial charge in [0.2, 0.25) is 0 Å². The molecule has 0 spiro atoms. The second kappa shape index (κ2) is 9.33. The third-order valence-electron chi connectivity index (χ3n) is 4.72. The molecule has 2 atom stereocenters. The molecule has 2 N–H and O–H groups in total. The number of anilines is 1. The van der Waals surface area contributed by atoms with Crippen LogP contribution in [0.25, 0.3) is 11.2 Å². The van der Waals surface area contributed by atoms with E-state index in [1.54, 1.807) is 6.33 Å². The number of hydrogen-bond acceptors (Lipinski definition) is 6. The van der Waals surface area contributed by atoms with Crippen molar-refractivity contribution in [2.45, 2.75) is 64.9 Å². The van der Waals surface area contributed by atoms with Gasteiger partial charge in [0.25, 0.3) is 0 Å². The normalized spacial score (nSPS) is 14.2. The van der Waals surface area contributed by atoms with Crippen LogP contribution in [0.1, 0.15) is 52.1 Å². The van der Waals surface area contributed by atoms with Gasteiger partial charge >= 0.3 is 0 Å². The molecule has 0 aliphatic rings. The molecular formula is C22H31N5O2. The monoisotopic (exact) mass is 397 g/mol. The van der Waals surface area contributed by atoms with Crippen molar-refractivity contribution < 1.29 is 9.47 Å². The Morgan fingerprint density at radius 1 is 1.10 bits per heavy atom. The number of aromatic nitrogens is 4. The lowest BCUT2D eigenvalue weighted by molar-refractivity contribution is -0.102. The molecule has 1 unspecified atom stereocenters. The van der Waals surface area contributed by atoms with Gasteiger partial charge in [-0.1, -0.05) is 37.3 Å². The molecule has 3 rings (SSSR count). The molecule has 0 fully saturated rings. The minimum Gasteiger partial charge on any atom is -0.382 e. The van der Waals surface area contributed by atoms with Gasteiger partial charge in [-0.2, -0.15) is 0 Å². The van der Waals surface area contributed by atoms with Crippen LogP contribution in [0.2, 0.25) is 0 Å². The maximum absolute atomic E-state index is 6.33. The molecule has 29 heavy (non-hydrogen) atoms. The van der Waals surface area contributed by atoms with Crippen LogP contribution in [0.3, 0.4) is 0 Å². The van der Waals surface area contributed by atoms with Gasteiger partial charge in [-0.25, -0.2) is 15.0 Å². The van der Waals surface area contributed by atoms with Crippen LogP contribution in [0.5, 0.6) is 0 Å². The van der Waals surface area contributed by atoms with Crippen molar-refractivity contribution in [3.05, 3.63) is 48.5 Å². The first kappa shape index (κ1) is 21.2. The van der Waals surface area contributed by atoms with Crippen LogP contribution in [-0.4, -0.2) is 37.8 Å². The van der Waals surface area contributed by atoms with E-state index in [1.807, 2.05) is 18.2 Å². The number of nitrogen functional groups attached to an aromatic ring is 1. The summed E-state index contributed by atoms with van der Waals surface area (Å²) in [6.45, 7) is 9.45. The molecule has 0 saturated heterocycles. The Kier molecular flexibility index (Phi) is 6.82. The van der Waals surface area contributed by atoms with E-state index in [9.17, 15) is 0 Å². The molecule has 0 amide bonds. The van der Waals surface area contributed by atoms with E-state index in [1.165, 1.54) is 6.33 Å². The van der Waals surface area contributed by atoms with Gasteiger partial charge in [0.15, 0.2) is 11.5 Å². The number of rotatable bonds is 9. The summed E-state index contributed by atoms with van der Waals surface area (Å²) in [6.07, 6.45) is 4.92. The number of nitrogens with zero attached hydrogens (tertiary/aromatic N) is 4. The third-order valence-corrected chi connectivity index (χ3v) is 4.72. The Morgan fingerprint density at radius 3 is 2.55 bits per heavy atom. The molecule has 0 bridgehead atoms. The molecule has 1 aromatic carbocycles. The van der Waals surface area contributed by atoms with Gasteiger partial charge < -0.3 is 19.8 Å². The highest BCUT2D eigenvalue weighted by atomic mass is 16.5. The van der Waals surface area contributed by atoms with Crippen LogP contribution < -0.4 is 5.73 Å². The third kappa shape index (κ3) is 5.74. The lowest BCUT2D eigenvalue weighted by Crippen LogP contribution is -2.33. The van der Waals surface area contributed by atoms with Crippen LogP contribution in [0, 0.1) is 0 Å². The summed E-state index contributed by atoms with van der Waals surface area (Å²) in [5, 5.41) is 0. The van der Waals surface area contributed by atoms with E-state index in [0.717, 1.165) is 24.1 Å². The molecule has 0 aliphatic heterocycles. The van der Waals surface area contributed by atoms with Crippen LogP contribution in [0.15, 0.2) is 43.0 Å². The van der Waals surface area contributed by atoms with Crippen molar-refractivity contribution in [2.24, 2.45) is 0 Å². The average molecular weight is 398 g/mol. The fourth-order valence-electron chi connectivity index (χ4n) is 3.45. The lowest BCUT2D eigenvalue weighted by Gasteiger charge is -2.30. The molecule has 3 aromatic rings. The van der Waals surface area contributed by atoms with E-state index in [-0.39, 0.29) is 17.7 Å². The van der Waals surface area contributed by atoms with Crippen molar-refractivity contribution in [3.63, 3.8) is 0 Å². The zero-order valence-electron chi connectivity index (χ0n) is 17.7. The second-order valence-electron chi connectivity index (χ2n) is 8.23.